The number of carbonyl (C=O) groups excluding carboxylic acids is 1. The Morgan fingerprint density at radius 1 is 1.03 bits per heavy atom. The molecule has 0 spiro atoms. The molecule has 0 radical (unpaired) electrons. The number of aromatic nitrogens is 4. The molecular formula is C24H26N6O2S. The van der Waals surface area contributed by atoms with Crippen LogP contribution >= 0.6 is 11.8 Å². The molecule has 9 heteroatoms. The third-order valence-electron chi connectivity index (χ3n) is 5.12. The Hall–Kier alpha value is -3.43. The number of nitrogens with zero attached hydrogens (tertiary/aromatic N) is 4. The van der Waals surface area contributed by atoms with Crippen molar-refractivity contribution in [3.63, 3.8) is 0 Å². The SMILES string of the molecule is COCCNc1nc(SC)nc2c1cnn2CCNC(=O)c1ccc(-c2ccccc2)cc1. The van der Waals surface area contributed by atoms with Gasteiger partial charge in [-0.15, -0.1) is 0 Å². The van der Waals surface area contributed by atoms with Gasteiger partial charge in [0, 0.05) is 25.8 Å². The zero-order valence-electron chi connectivity index (χ0n) is 18.6. The summed E-state index contributed by atoms with van der Waals surface area (Å²) in [5, 5.41) is 12.2. The van der Waals surface area contributed by atoms with E-state index >= 15 is 0 Å². The summed E-state index contributed by atoms with van der Waals surface area (Å²) in [6.45, 7) is 2.15. The first-order valence-corrected chi connectivity index (χ1v) is 11.9. The van der Waals surface area contributed by atoms with Crippen LogP contribution in [0.3, 0.4) is 0 Å². The van der Waals surface area contributed by atoms with Crippen LogP contribution in [0.4, 0.5) is 5.82 Å². The van der Waals surface area contributed by atoms with Crippen LogP contribution in [0.2, 0.25) is 0 Å². The third-order valence-corrected chi connectivity index (χ3v) is 5.67. The first kappa shape index (κ1) is 22.8. The van der Waals surface area contributed by atoms with E-state index in [2.05, 4.69) is 25.7 Å². The monoisotopic (exact) mass is 462 g/mol. The van der Waals surface area contributed by atoms with Gasteiger partial charge in [-0.05, 0) is 29.5 Å². The number of anilines is 1. The van der Waals surface area contributed by atoms with Gasteiger partial charge in [0.25, 0.3) is 5.91 Å². The number of benzene rings is 2. The van der Waals surface area contributed by atoms with Gasteiger partial charge >= 0.3 is 0 Å². The molecule has 4 rings (SSSR count). The van der Waals surface area contributed by atoms with Crippen LogP contribution in [-0.2, 0) is 11.3 Å². The molecule has 2 N–H and O–H groups in total. The van der Waals surface area contributed by atoms with Crippen molar-refractivity contribution in [2.24, 2.45) is 0 Å². The van der Waals surface area contributed by atoms with E-state index < -0.39 is 0 Å². The Morgan fingerprint density at radius 2 is 1.79 bits per heavy atom. The van der Waals surface area contributed by atoms with Crippen molar-refractivity contribution in [1.29, 1.82) is 0 Å². The molecule has 0 saturated carbocycles. The second kappa shape index (κ2) is 10.9. The minimum absolute atomic E-state index is 0.118. The highest BCUT2D eigenvalue weighted by Gasteiger charge is 2.13. The fourth-order valence-corrected chi connectivity index (χ4v) is 3.78. The topological polar surface area (TPSA) is 94.0 Å². The number of hydrogen-bond acceptors (Lipinski definition) is 7. The Labute approximate surface area is 196 Å². The molecule has 1 amide bonds. The lowest BCUT2D eigenvalue weighted by Gasteiger charge is -2.09. The van der Waals surface area contributed by atoms with E-state index in [9.17, 15) is 4.79 Å². The minimum atomic E-state index is -0.118. The Kier molecular flexibility index (Phi) is 7.54. The number of rotatable bonds is 10. The molecule has 8 nitrogen and oxygen atoms in total. The van der Waals surface area contributed by atoms with Crippen LogP contribution in [-0.4, -0.2) is 58.7 Å². The Morgan fingerprint density at radius 3 is 2.52 bits per heavy atom. The van der Waals surface area contributed by atoms with Gasteiger partial charge in [-0.2, -0.15) is 5.10 Å². The number of thioether (sulfide) groups is 1. The van der Waals surface area contributed by atoms with Gasteiger partial charge in [-0.25, -0.2) is 14.6 Å². The summed E-state index contributed by atoms with van der Waals surface area (Å²) < 4.78 is 6.89. The maximum atomic E-state index is 12.6. The molecule has 0 fully saturated rings. The lowest BCUT2D eigenvalue weighted by atomic mass is 10.0. The first-order chi connectivity index (χ1) is 16.2. The van der Waals surface area contributed by atoms with E-state index in [1.165, 1.54) is 11.8 Å². The van der Waals surface area contributed by atoms with Crippen LogP contribution in [0.5, 0.6) is 0 Å². The van der Waals surface area contributed by atoms with Crippen molar-refractivity contribution < 1.29 is 9.53 Å². The average molecular weight is 463 g/mol. The van der Waals surface area contributed by atoms with E-state index in [-0.39, 0.29) is 5.91 Å². The second-order valence-electron chi connectivity index (χ2n) is 7.28. The average Bonchev–Trinajstić information content (AvgIpc) is 3.27. The fourth-order valence-electron chi connectivity index (χ4n) is 3.42. The van der Waals surface area contributed by atoms with E-state index in [4.69, 9.17) is 4.74 Å². The summed E-state index contributed by atoms with van der Waals surface area (Å²) in [5.74, 6) is 0.614. The van der Waals surface area contributed by atoms with Crippen LogP contribution in [0.1, 0.15) is 10.4 Å². The molecule has 170 valence electrons. The predicted octanol–water partition coefficient (Wildman–Crippen LogP) is 3.70. The molecule has 0 aliphatic carbocycles. The Bertz CT molecular complexity index is 1210. The molecule has 0 atom stereocenters. The summed E-state index contributed by atoms with van der Waals surface area (Å²) in [4.78, 5) is 21.7. The number of fused-ring (bicyclic) bond motifs is 1. The van der Waals surface area contributed by atoms with Gasteiger partial charge < -0.3 is 15.4 Å². The highest BCUT2D eigenvalue weighted by molar-refractivity contribution is 7.98. The van der Waals surface area contributed by atoms with Crippen LogP contribution in [0.25, 0.3) is 22.2 Å². The van der Waals surface area contributed by atoms with E-state index in [0.29, 0.717) is 37.0 Å². The summed E-state index contributed by atoms with van der Waals surface area (Å²) >= 11 is 1.47. The standard InChI is InChI=1S/C24H26N6O2S/c1-32-15-13-25-21-20-16-27-30(22(20)29-24(28-21)33-2)14-12-26-23(31)19-10-8-18(9-11-19)17-6-4-3-5-7-17/h3-11,16H,12-15H2,1-2H3,(H,26,31)(H,25,28,29). The zero-order valence-corrected chi connectivity index (χ0v) is 19.4. The lowest BCUT2D eigenvalue weighted by Crippen LogP contribution is -2.27. The number of nitrogens with one attached hydrogen (secondary N) is 2. The summed E-state index contributed by atoms with van der Waals surface area (Å²) in [6, 6.07) is 17.7. The number of carbonyl (C=O) groups is 1. The van der Waals surface area contributed by atoms with Gasteiger partial charge in [0.15, 0.2) is 10.8 Å². The van der Waals surface area contributed by atoms with Crippen LogP contribution in [0.15, 0.2) is 66.0 Å². The zero-order chi connectivity index (χ0) is 23.0. The maximum absolute atomic E-state index is 12.6. The minimum Gasteiger partial charge on any atom is -0.383 e. The van der Waals surface area contributed by atoms with Crippen molar-refractivity contribution in [3.05, 3.63) is 66.4 Å². The smallest absolute Gasteiger partial charge is 0.251 e. The molecule has 0 aliphatic heterocycles. The number of hydrogen-bond donors (Lipinski definition) is 2. The molecule has 2 aromatic carbocycles. The highest BCUT2D eigenvalue weighted by atomic mass is 32.2. The van der Waals surface area contributed by atoms with E-state index in [1.54, 1.807) is 18.0 Å². The molecule has 2 aromatic heterocycles. The molecule has 4 aromatic rings. The van der Waals surface area contributed by atoms with Crippen LogP contribution < -0.4 is 10.6 Å². The van der Waals surface area contributed by atoms with Crippen molar-refractivity contribution >= 4 is 34.5 Å². The molecule has 2 heterocycles. The molecule has 0 unspecified atom stereocenters. The van der Waals surface area contributed by atoms with Crippen molar-refractivity contribution in [2.45, 2.75) is 11.7 Å². The van der Waals surface area contributed by atoms with Gasteiger partial charge in [0.2, 0.25) is 0 Å². The number of amides is 1. The molecule has 0 aliphatic rings. The van der Waals surface area contributed by atoms with Gasteiger partial charge in [0.1, 0.15) is 5.82 Å². The number of methoxy groups -OCH3 is 1. The normalized spacial score (nSPS) is 11.0. The van der Waals surface area contributed by atoms with E-state index in [0.717, 1.165) is 28.0 Å². The molecule has 33 heavy (non-hydrogen) atoms. The molecule has 0 saturated heterocycles. The van der Waals surface area contributed by atoms with Crippen LogP contribution in [0, 0.1) is 0 Å². The van der Waals surface area contributed by atoms with Crippen molar-refractivity contribution in [1.82, 2.24) is 25.1 Å². The predicted molar refractivity (Wildman–Crippen MR) is 132 cm³/mol. The number of ether oxygens (including phenoxy) is 1. The maximum Gasteiger partial charge on any atom is 0.251 e. The molecule has 0 bridgehead atoms. The van der Waals surface area contributed by atoms with E-state index in [1.807, 2.05) is 60.9 Å². The molecular weight excluding hydrogens is 436 g/mol. The lowest BCUT2D eigenvalue weighted by molar-refractivity contribution is 0.0952. The fraction of sp³-hybridized carbons (Fsp3) is 0.250. The summed E-state index contributed by atoms with van der Waals surface area (Å²) in [6.07, 6.45) is 3.68. The van der Waals surface area contributed by atoms with Crippen molar-refractivity contribution in [3.8, 4) is 11.1 Å². The summed E-state index contributed by atoms with van der Waals surface area (Å²) in [5.41, 5.74) is 3.56. The largest absolute Gasteiger partial charge is 0.383 e. The van der Waals surface area contributed by atoms with Gasteiger partial charge in [0.05, 0.1) is 24.7 Å². The highest BCUT2D eigenvalue weighted by Crippen LogP contribution is 2.23. The third kappa shape index (κ3) is 5.50. The second-order valence-corrected chi connectivity index (χ2v) is 8.06. The van der Waals surface area contributed by atoms with Gasteiger partial charge in [-0.3, -0.25) is 4.79 Å². The quantitative estimate of drug-likeness (QED) is 0.211. The van der Waals surface area contributed by atoms with Gasteiger partial charge in [-0.1, -0.05) is 54.2 Å². The van der Waals surface area contributed by atoms with Crippen molar-refractivity contribution in [2.75, 3.05) is 38.4 Å². The summed E-state index contributed by atoms with van der Waals surface area (Å²) in [7, 11) is 1.66. The first-order valence-electron chi connectivity index (χ1n) is 10.6. The Balaban J connectivity index is 1.40.